The Labute approximate surface area is 211 Å². The van der Waals surface area contributed by atoms with Crippen molar-refractivity contribution in [2.45, 2.75) is 9.79 Å². The molecular weight excluding hydrogens is 530 g/mol. The van der Waals surface area contributed by atoms with Crippen molar-refractivity contribution >= 4 is 88.6 Å². The number of thiophene rings is 1. The average molecular weight is 545 g/mol. The molecule has 0 aliphatic carbocycles. The predicted molar refractivity (Wildman–Crippen MR) is 144 cm³/mol. The maximum absolute atomic E-state index is 9.87. The van der Waals surface area contributed by atoms with Crippen molar-refractivity contribution in [2.75, 3.05) is 4.90 Å². The number of halogens is 1. The molecule has 158 valence electrons. The fourth-order valence-corrected chi connectivity index (χ4v) is 7.30. The molecule has 33 heavy (non-hydrogen) atoms. The van der Waals surface area contributed by atoms with E-state index in [4.69, 9.17) is 0 Å². The van der Waals surface area contributed by atoms with E-state index in [1.807, 2.05) is 24.3 Å². The van der Waals surface area contributed by atoms with Crippen LogP contribution in [0.2, 0.25) is 0 Å². The number of allylic oxidation sites excluding steroid dienone is 1. The van der Waals surface area contributed by atoms with Crippen LogP contribution in [0, 0.1) is 11.3 Å². The maximum atomic E-state index is 9.87. The van der Waals surface area contributed by atoms with Gasteiger partial charge in [-0.2, -0.15) is 5.26 Å². The fraction of sp³-hybridized carbons (Fsp3) is 0. The molecule has 1 aliphatic rings. The van der Waals surface area contributed by atoms with Crippen LogP contribution >= 0.6 is 50.4 Å². The number of nitriles is 1. The van der Waals surface area contributed by atoms with Gasteiger partial charge in [-0.1, -0.05) is 52.0 Å². The summed E-state index contributed by atoms with van der Waals surface area (Å²) in [4.78, 5) is 10.5. The van der Waals surface area contributed by atoms with E-state index in [1.165, 1.54) is 32.5 Å². The first-order valence-electron chi connectivity index (χ1n) is 10.1. The Balaban J connectivity index is 1.41. The van der Waals surface area contributed by atoms with Gasteiger partial charge in [0.25, 0.3) is 0 Å². The summed E-state index contributed by atoms with van der Waals surface area (Å²) in [6, 6.07) is 29.5. The number of nitrogens with zero attached hydrogens (tertiary/aromatic N) is 3. The highest BCUT2D eigenvalue weighted by Crippen LogP contribution is 2.52. The van der Waals surface area contributed by atoms with Gasteiger partial charge in [-0.3, -0.25) is 4.90 Å². The first-order valence-corrected chi connectivity index (χ1v) is 13.4. The van der Waals surface area contributed by atoms with Gasteiger partial charge < -0.3 is 0 Å². The molecule has 0 N–H and O–H groups in total. The van der Waals surface area contributed by atoms with Gasteiger partial charge in [0.15, 0.2) is 0 Å². The second-order valence-electron chi connectivity index (χ2n) is 7.35. The molecule has 3 aromatic carbocycles. The number of benzene rings is 3. The topological polar surface area (TPSA) is 39.9 Å². The molecule has 1 aliphatic heterocycles. The van der Waals surface area contributed by atoms with E-state index in [0.717, 1.165) is 29.6 Å². The fourth-order valence-electron chi connectivity index (χ4n) is 3.78. The summed E-state index contributed by atoms with van der Waals surface area (Å²) in [5.74, 6) is 0. The first-order chi connectivity index (χ1) is 16.2. The zero-order valence-corrected chi connectivity index (χ0v) is 21.1. The third kappa shape index (κ3) is 3.79. The molecule has 0 unspecified atom stereocenters. The molecule has 0 radical (unpaired) electrons. The summed E-state index contributed by atoms with van der Waals surface area (Å²) in [7, 11) is 0. The smallest absolute Gasteiger partial charge is 0.135 e. The summed E-state index contributed by atoms with van der Waals surface area (Å²) >= 11 is 8.52. The molecule has 6 rings (SSSR count). The highest BCUT2D eigenvalue weighted by atomic mass is 79.9. The standard InChI is InChI=1S/C26H14BrN3S3/c27-17-9-11-19-24(14-17)33-26(29-19)16(15-28)13-18-10-12-25(31-18)30-20-5-1-3-7-22(20)32-23-8-4-2-6-21(23)30/h1-14H/b16-13+. The lowest BCUT2D eigenvalue weighted by molar-refractivity contribution is 1.18. The van der Waals surface area contributed by atoms with Gasteiger partial charge in [-0.25, -0.2) is 4.98 Å². The van der Waals surface area contributed by atoms with Crippen LogP contribution in [0.1, 0.15) is 9.88 Å². The van der Waals surface area contributed by atoms with E-state index >= 15 is 0 Å². The molecule has 0 fully saturated rings. The van der Waals surface area contributed by atoms with E-state index in [2.05, 4.69) is 92.5 Å². The van der Waals surface area contributed by atoms with Crippen LogP contribution < -0.4 is 4.90 Å². The van der Waals surface area contributed by atoms with Gasteiger partial charge >= 0.3 is 0 Å². The minimum atomic E-state index is 0.579. The quantitative estimate of drug-likeness (QED) is 0.208. The number of hydrogen-bond donors (Lipinski definition) is 0. The molecule has 0 saturated heterocycles. The van der Waals surface area contributed by atoms with Crippen molar-refractivity contribution in [1.29, 1.82) is 5.26 Å². The minimum Gasteiger partial charge on any atom is -0.300 e. The van der Waals surface area contributed by atoms with Gasteiger partial charge in [0.2, 0.25) is 0 Å². The molecule has 0 amide bonds. The Morgan fingerprint density at radius 1 is 0.909 bits per heavy atom. The normalized spacial score (nSPS) is 13.0. The number of aromatic nitrogens is 1. The Kier molecular flexibility index (Phi) is 5.31. The van der Waals surface area contributed by atoms with Crippen molar-refractivity contribution in [2.24, 2.45) is 0 Å². The summed E-state index contributed by atoms with van der Waals surface area (Å²) in [6.07, 6.45) is 1.94. The number of fused-ring (bicyclic) bond motifs is 3. The van der Waals surface area contributed by atoms with E-state index < -0.39 is 0 Å². The van der Waals surface area contributed by atoms with Crippen LogP contribution in [-0.4, -0.2) is 4.98 Å². The van der Waals surface area contributed by atoms with Crippen molar-refractivity contribution in [3.8, 4) is 6.07 Å². The zero-order valence-electron chi connectivity index (χ0n) is 17.0. The summed E-state index contributed by atoms with van der Waals surface area (Å²) in [5.41, 5.74) is 3.84. The summed E-state index contributed by atoms with van der Waals surface area (Å²) < 4.78 is 2.07. The SMILES string of the molecule is N#C/C(=C\c1ccc(N2c3ccccc3Sc3ccccc32)s1)c1nc2ccc(Br)cc2s1. The summed E-state index contributed by atoms with van der Waals surface area (Å²) in [6.45, 7) is 0. The highest BCUT2D eigenvalue weighted by Gasteiger charge is 2.25. The van der Waals surface area contributed by atoms with Crippen LogP contribution in [0.3, 0.4) is 0 Å². The van der Waals surface area contributed by atoms with E-state index in [9.17, 15) is 5.26 Å². The highest BCUT2D eigenvalue weighted by molar-refractivity contribution is 9.10. The van der Waals surface area contributed by atoms with Gasteiger partial charge in [0.1, 0.15) is 16.1 Å². The van der Waals surface area contributed by atoms with Crippen LogP contribution in [-0.2, 0) is 0 Å². The molecule has 0 spiro atoms. The van der Waals surface area contributed by atoms with E-state index in [-0.39, 0.29) is 0 Å². The summed E-state index contributed by atoms with van der Waals surface area (Å²) in [5, 5.41) is 11.7. The van der Waals surface area contributed by atoms with E-state index in [1.54, 1.807) is 23.1 Å². The predicted octanol–water partition coefficient (Wildman–Crippen LogP) is 9.12. The minimum absolute atomic E-state index is 0.579. The number of thiazole rings is 1. The lowest BCUT2D eigenvalue weighted by atomic mass is 10.2. The number of para-hydroxylation sites is 2. The Hall–Kier alpha value is -2.89. The third-order valence-corrected chi connectivity index (χ3v) is 8.95. The molecule has 0 atom stereocenters. The van der Waals surface area contributed by atoms with Crippen LogP contribution in [0.15, 0.2) is 93.1 Å². The van der Waals surface area contributed by atoms with Crippen molar-refractivity contribution in [1.82, 2.24) is 4.98 Å². The van der Waals surface area contributed by atoms with Crippen molar-refractivity contribution in [3.05, 3.63) is 93.2 Å². The molecule has 0 saturated carbocycles. The van der Waals surface area contributed by atoms with E-state index in [0.29, 0.717) is 5.57 Å². The van der Waals surface area contributed by atoms with Gasteiger partial charge in [-0.05, 0) is 60.7 Å². The van der Waals surface area contributed by atoms with Crippen LogP contribution in [0.4, 0.5) is 16.4 Å². The molecular formula is C26H14BrN3S3. The van der Waals surface area contributed by atoms with Gasteiger partial charge in [0.05, 0.1) is 27.2 Å². The largest absolute Gasteiger partial charge is 0.300 e. The number of hydrogen-bond acceptors (Lipinski definition) is 6. The van der Waals surface area contributed by atoms with Crippen LogP contribution in [0.5, 0.6) is 0 Å². The number of anilines is 3. The lowest BCUT2D eigenvalue weighted by Gasteiger charge is -2.31. The second kappa shape index (κ2) is 8.47. The molecule has 7 heteroatoms. The number of rotatable bonds is 3. The van der Waals surface area contributed by atoms with Gasteiger partial charge in [-0.15, -0.1) is 22.7 Å². The maximum Gasteiger partial charge on any atom is 0.135 e. The average Bonchev–Trinajstić information content (AvgIpc) is 3.47. The molecule has 0 bridgehead atoms. The second-order valence-corrected chi connectivity index (χ2v) is 11.5. The van der Waals surface area contributed by atoms with Crippen LogP contribution in [0.25, 0.3) is 21.9 Å². The Morgan fingerprint density at radius 3 is 2.36 bits per heavy atom. The van der Waals surface area contributed by atoms with Crippen molar-refractivity contribution in [3.63, 3.8) is 0 Å². The Bertz CT molecular complexity index is 1550. The zero-order chi connectivity index (χ0) is 22.4. The molecule has 2 aromatic heterocycles. The monoisotopic (exact) mass is 543 g/mol. The van der Waals surface area contributed by atoms with Crippen molar-refractivity contribution < 1.29 is 0 Å². The first kappa shape index (κ1) is 20.7. The molecule has 3 nitrogen and oxygen atoms in total. The Morgan fingerprint density at radius 2 is 1.64 bits per heavy atom. The lowest BCUT2D eigenvalue weighted by Crippen LogP contribution is -2.13. The molecule has 5 aromatic rings. The molecule has 3 heterocycles. The third-order valence-electron chi connectivity index (χ3n) is 5.25. The van der Waals surface area contributed by atoms with Gasteiger partial charge in [0, 0.05) is 19.1 Å².